The van der Waals surface area contributed by atoms with Gasteiger partial charge in [-0.25, -0.2) is 4.79 Å². The number of H-pyrrole nitrogens is 1. The van der Waals surface area contributed by atoms with Gasteiger partial charge in [0.2, 0.25) is 0 Å². The molecule has 1 aromatic heterocycles. The third-order valence-corrected chi connectivity index (χ3v) is 1.19. The standard InChI is InChI=1S/C5H8N4O2/c1-11-5(10)4-3(2-6)7-9-8-4/h2,6H2,1H3,(H,7,8,9). The summed E-state index contributed by atoms with van der Waals surface area (Å²) in [6, 6.07) is 0. The zero-order chi connectivity index (χ0) is 8.27. The Morgan fingerprint density at radius 3 is 3.00 bits per heavy atom. The van der Waals surface area contributed by atoms with Gasteiger partial charge >= 0.3 is 5.97 Å². The van der Waals surface area contributed by atoms with Gasteiger partial charge < -0.3 is 10.5 Å². The van der Waals surface area contributed by atoms with Gasteiger partial charge in [0.1, 0.15) is 5.69 Å². The van der Waals surface area contributed by atoms with E-state index in [4.69, 9.17) is 5.73 Å². The Kier molecular flexibility index (Phi) is 2.17. The molecule has 6 nitrogen and oxygen atoms in total. The van der Waals surface area contributed by atoms with E-state index in [0.29, 0.717) is 5.69 Å². The Morgan fingerprint density at radius 1 is 1.73 bits per heavy atom. The minimum Gasteiger partial charge on any atom is -0.464 e. The molecule has 1 rings (SSSR count). The Hall–Kier alpha value is -1.43. The van der Waals surface area contributed by atoms with Crippen molar-refractivity contribution in [3.63, 3.8) is 0 Å². The number of nitrogens with one attached hydrogen (secondary N) is 1. The van der Waals surface area contributed by atoms with Crippen LogP contribution in [0.1, 0.15) is 16.2 Å². The number of carbonyl (C=O) groups is 1. The van der Waals surface area contributed by atoms with Crippen molar-refractivity contribution in [2.75, 3.05) is 7.11 Å². The molecule has 0 atom stereocenters. The van der Waals surface area contributed by atoms with Crippen LogP contribution in [0.4, 0.5) is 0 Å². The minimum absolute atomic E-state index is 0.148. The molecule has 0 bridgehead atoms. The summed E-state index contributed by atoms with van der Waals surface area (Å²) in [7, 11) is 1.28. The van der Waals surface area contributed by atoms with Gasteiger partial charge in [-0.05, 0) is 0 Å². The quantitative estimate of drug-likeness (QED) is 0.538. The molecular formula is C5H8N4O2. The Balaban J connectivity index is 2.92. The average Bonchev–Trinajstić information content (AvgIpc) is 2.50. The van der Waals surface area contributed by atoms with E-state index in [9.17, 15) is 4.79 Å². The fourth-order valence-corrected chi connectivity index (χ4v) is 0.655. The maximum atomic E-state index is 10.9. The van der Waals surface area contributed by atoms with Crippen LogP contribution in [-0.2, 0) is 11.3 Å². The first-order valence-corrected chi connectivity index (χ1v) is 2.97. The number of nitrogens with zero attached hydrogens (tertiary/aromatic N) is 2. The summed E-state index contributed by atoms with van der Waals surface area (Å²) >= 11 is 0. The first kappa shape index (κ1) is 7.67. The number of hydrogen-bond donors (Lipinski definition) is 2. The summed E-state index contributed by atoms with van der Waals surface area (Å²) in [6.07, 6.45) is 0. The van der Waals surface area contributed by atoms with Crippen molar-refractivity contribution in [3.8, 4) is 0 Å². The summed E-state index contributed by atoms with van der Waals surface area (Å²) in [4.78, 5) is 10.9. The van der Waals surface area contributed by atoms with Crippen LogP contribution in [-0.4, -0.2) is 28.5 Å². The molecule has 1 aromatic rings. The largest absolute Gasteiger partial charge is 0.464 e. The zero-order valence-electron chi connectivity index (χ0n) is 6.00. The van der Waals surface area contributed by atoms with Crippen LogP contribution in [0, 0.1) is 0 Å². The first-order chi connectivity index (χ1) is 5.29. The van der Waals surface area contributed by atoms with E-state index in [1.165, 1.54) is 7.11 Å². The highest BCUT2D eigenvalue weighted by molar-refractivity contribution is 5.88. The molecule has 0 saturated carbocycles. The number of hydrogen-bond acceptors (Lipinski definition) is 5. The van der Waals surface area contributed by atoms with E-state index >= 15 is 0 Å². The molecular weight excluding hydrogens is 148 g/mol. The second-order valence-corrected chi connectivity index (χ2v) is 1.81. The lowest BCUT2D eigenvalue weighted by Crippen LogP contribution is -2.08. The molecule has 0 saturated heterocycles. The van der Waals surface area contributed by atoms with E-state index < -0.39 is 5.97 Å². The van der Waals surface area contributed by atoms with Crippen molar-refractivity contribution in [2.24, 2.45) is 5.73 Å². The maximum absolute atomic E-state index is 10.9. The van der Waals surface area contributed by atoms with E-state index in [1.54, 1.807) is 0 Å². The monoisotopic (exact) mass is 156 g/mol. The summed E-state index contributed by atoms with van der Waals surface area (Å²) in [5.74, 6) is -0.529. The van der Waals surface area contributed by atoms with Gasteiger partial charge in [0, 0.05) is 6.54 Å². The minimum atomic E-state index is -0.529. The highest BCUT2D eigenvalue weighted by Gasteiger charge is 2.14. The van der Waals surface area contributed by atoms with Gasteiger partial charge in [-0.1, -0.05) is 0 Å². The second-order valence-electron chi connectivity index (χ2n) is 1.81. The van der Waals surface area contributed by atoms with Crippen LogP contribution in [0.15, 0.2) is 0 Å². The fourth-order valence-electron chi connectivity index (χ4n) is 0.655. The second kappa shape index (κ2) is 3.11. The van der Waals surface area contributed by atoms with Crippen LogP contribution >= 0.6 is 0 Å². The number of aromatic amines is 1. The summed E-state index contributed by atoms with van der Waals surface area (Å²) in [6.45, 7) is 0.168. The van der Waals surface area contributed by atoms with Crippen LogP contribution in [0.5, 0.6) is 0 Å². The predicted molar refractivity (Wildman–Crippen MR) is 35.6 cm³/mol. The van der Waals surface area contributed by atoms with Crippen molar-refractivity contribution in [1.82, 2.24) is 15.4 Å². The van der Waals surface area contributed by atoms with E-state index in [0.717, 1.165) is 0 Å². The number of methoxy groups -OCH3 is 1. The Labute approximate surface area is 62.7 Å². The molecule has 1 heterocycles. The molecule has 0 fully saturated rings. The lowest BCUT2D eigenvalue weighted by molar-refractivity contribution is 0.0592. The number of esters is 1. The van der Waals surface area contributed by atoms with Gasteiger partial charge in [-0.15, -0.1) is 5.10 Å². The molecule has 0 amide bonds. The topological polar surface area (TPSA) is 93.9 Å². The number of aromatic nitrogens is 3. The zero-order valence-corrected chi connectivity index (χ0v) is 6.00. The molecule has 11 heavy (non-hydrogen) atoms. The summed E-state index contributed by atoms with van der Waals surface area (Å²) in [5, 5.41) is 9.49. The van der Waals surface area contributed by atoms with Crippen LogP contribution in [0.3, 0.4) is 0 Å². The molecule has 0 aliphatic rings. The normalized spacial score (nSPS) is 9.64. The fraction of sp³-hybridized carbons (Fsp3) is 0.400. The van der Waals surface area contributed by atoms with Gasteiger partial charge in [-0.3, -0.25) is 0 Å². The molecule has 0 aliphatic heterocycles. The van der Waals surface area contributed by atoms with Crippen molar-refractivity contribution < 1.29 is 9.53 Å². The lowest BCUT2D eigenvalue weighted by atomic mass is 10.3. The van der Waals surface area contributed by atoms with Crippen molar-refractivity contribution in [2.45, 2.75) is 6.54 Å². The molecule has 3 N–H and O–H groups in total. The summed E-state index contributed by atoms with van der Waals surface area (Å²) in [5.41, 5.74) is 5.82. The summed E-state index contributed by atoms with van der Waals surface area (Å²) < 4.78 is 4.42. The van der Waals surface area contributed by atoms with Crippen molar-refractivity contribution in [3.05, 3.63) is 11.4 Å². The molecule has 60 valence electrons. The van der Waals surface area contributed by atoms with Crippen LogP contribution < -0.4 is 5.73 Å². The number of rotatable bonds is 2. The molecule has 0 aliphatic carbocycles. The molecule has 0 spiro atoms. The molecule has 0 aromatic carbocycles. The molecule has 0 radical (unpaired) electrons. The Morgan fingerprint density at radius 2 is 2.45 bits per heavy atom. The molecule has 6 heteroatoms. The van der Waals surface area contributed by atoms with Gasteiger partial charge in [0.15, 0.2) is 5.69 Å². The number of ether oxygens (including phenoxy) is 1. The predicted octanol–water partition coefficient (Wildman–Crippen LogP) is -0.950. The van der Waals surface area contributed by atoms with E-state index in [2.05, 4.69) is 20.1 Å². The highest BCUT2D eigenvalue weighted by atomic mass is 16.5. The van der Waals surface area contributed by atoms with Crippen molar-refractivity contribution in [1.29, 1.82) is 0 Å². The first-order valence-electron chi connectivity index (χ1n) is 2.97. The number of nitrogens with two attached hydrogens (primary N) is 1. The van der Waals surface area contributed by atoms with E-state index in [1.807, 2.05) is 0 Å². The van der Waals surface area contributed by atoms with Crippen LogP contribution in [0.25, 0.3) is 0 Å². The van der Waals surface area contributed by atoms with Gasteiger partial charge in [0.05, 0.1) is 7.11 Å². The smallest absolute Gasteiger partial charge is 0.360 e. The van der Waals surface area contributed by atoms with E-state index in [-0.39, 0.29) is 12.2 Å². The van der Waals surface area contributed by atoms with Gasteiger partial charge in [0.25, 0.3) is 0 Å². The number of carbonyl (C=O) groups excluding carboxylic acids is 1. The van der Waals surface area contributed by atoms with Crippen molar-refractivity contribution >= 4 is 5.97 Å². The average molecular weight is 156 g/mol. The Bertz CT molecular complexity index is 257. The lowest BCUT2D eigenvalue weighted by Gasteiger charge is -1.93. The van der Waals surface area contributed by atoms with Gasteiger partial charge in [-0.2, -0.15) is 10.3 Å². The highest BCUT2D eigenvalue weighted by Crippen LogP contribution is 2.00. The molecule has 0 unspecified atom stereocenters. The SMILES string of the molecule is COC(=O)c1n[nH]nc1CN. The third kappa shape index (κ3) is 1.35. The maximum Gasteiger partial charge on any atom is 0.360 e. The van der Waals surface area contributed by atoms with Crippen LogP contribution in [0.2, 0.25) is 0 Å². The third-order valence-electron chi connectivity index (χ3n) is 1.19.